The summed E-state index contributed by atoms with van der Waals surface area (Å²) in [4.78, 5) is 22.7. The molecule has 5 nitrogen and oxygen atoms in total. The van der Waals surface area contributed by atoms with Crippen molar-refractivity contribution in [3.05, 3.63) is 59.9 Å². The molecule has 2 amide bonds. The van der Waals surface area contributed by atoms with Crippen LogP contribution in [0.2, 0.25) is 0 Å². The maximum Gasteiger partial charge on any atom is 0.244 e. The van der Waals surface area contributed by atoms with Gasteiger partial charge in [-0.25, -0.2) is 4.39 Å². The van der Waals surface area contributed by atoms with Crippen molar-refractivity contribution in [2.45, 2.75) is 13.0 Å². The van der Waals surface area contributed by atoms with E-state index in [0.29, 0.717) is 16.9 Å². The first-order chi connectivity index (χ1) is 10.5. The fourth-order valence-corrected chi connectivity index (χ4v) is 2.03. The summed E-state index contributed by atoms with van der Waals surface area (Å²) in [5, 5.41) is 5.63. The number of hydrogen-bond donors (Lipinski definition) is 3. The molecule has 0 radical (unpaired) electrons. The van der Waals surface area contributed by atoms with E-state index < -0.39 is 11.9 Å². The Balaban J connectivity index is 2.23. The lowest BCUT2D eigenvalue weighted by Gasteiger charge is -2.18. The number of amides is 2. The van der Waals surface area contributed by atoms with Gasteiger partial charge in [0.2, 0.25) is 11.8 Å². The number of hydrogen-bond acceptors (Lipinski definition) is 3. The van der Waals surface area contributed by atoms with Crippen molar-refractivity contribution in [1.82, 2.24) is 0 Å². The van der Waals surface area contributed by atoms with Crippen LogP contribution in [0.5, 0.6) is 0 Å². The summed E-state index contributed by atoms with van der Waals surface area (Å²) in [6.07, 6.45) is 0. The average Bonchev–Trinajstić information content (AvgIpc) is 2.45. The van der Waals surface area contributed by atoms with Crippen LogP contribution in [-0.2, 0) is 9.59 Å². The topological polar surface area (TPSA) is 84.2 Å². The number of carbonyl (C=O) groups is 2. The van der Waals surface area contributed by atoms with E-state index >= 15 is 0 Å². The highest BCUT2D eigenvalue weighted by atomic mass is 19.1. The number of primary amides is 1. The van der Waals surface area contributed by atoms with Crippen LogP contribution in [0.25, 0.3) is 0 Å². The Kier molecular flexibility index (Phi) is 4.73. The molecule has 2 aromatic rings. The third-order valence-electron chi connectivity index (χ3n) is 2.98. The van der Waals surface area contributed by atoms with Crippen molar-refractivity contribution in [2.75, 3.05) is 10.6 Å². The first-order valence-corrected chi connectivity index (χ1v) is 6.64. The molecule has 0 saturated heterocycles. The van der Waals surface area contributed by atoms with Gasteiger partial charge in [-0.2, -0.15) is 0 Å². The van der Waals surface area contributed by atoms with Crippen LogP contribution in [0.15, 0.2) is 48.5 Å². The van der Waals surface area contributed by atoms with Crippen LogP contribution in [0.1, 0.15) is 18.5 Å². The SMILES string of the molecule is CC(=O)Nc1cccc(NC(C(N)=O)c2ccc(F)cc2)c1. The summed E-state index contributed by atoms with van der Waals surface area (Å²) >= 11 is 0. The second-order valence-corrected chi connectivity index (χ2v) is 4.79. The minimum absolute atomic E-state index is 0.192. The predicted molar refractivity (Wildman–Crippen MR) is 82.7 cm³/mol. The van der Waals surface area contributed by atoms with E-state index in [-0.39, 0.29) is 11.7 Å². The van der Waals surface area contributed by atoms with Crippen molar-refractivity contribution in [3.8, 4) is 0 Å². The van der Waals surface area contributed by atoms with Crippen LogP contribution in [0.4, 0.5) is 15.8 Å². The molecule has 0 aliphatic carbocycles. The zero-order chi connectivity index (χ0) is 16.1. The third kappa shape index (κ3) is 4.05. The summed E-state index contributed by atoms with van der Waals surface area (Å²) in [5.41, 5.74) is 7.17. The molecule has 0 spiro atoms. The monoisotopic (exact) mass is 301 g/mol. The van der Waals surface area contributed by atoms with E-state index in [2.05, 4.69) is 10.6 Å². The highest BCUT2D eigenvalue weighted by Crippen LogP contribution is 2.22. The van der Waals surface area contributed by atoms with E-state index in [1.165, 1.54) is 31.2 Å². The molecule has 1 atom stereocenters. The van der Waals surface area contributed by atoms with Crippen molar-refractivity contribution in [3.63, 3.8) is 0 Å². The molecule has 22 heavy (non-hydrogen) atoms. The lowest BCUT2D eigenvalue weighted by molar-refractivity contribution is -0.119. The van der Waals surface area contributed by atoms with E-state index in [1.54, 1.807) is 24.3 Å². The second kappa shape index (κ2) is 6.71. The van der Waals surface area contributed by atoms with Crippen molar-refractivity contribution in [1.29, 1.82) is 0 Å². The summed E-state index contributed by atoms with van der Waals surface area (Å²) in [6, 6.07) is 11.6. The Hall–Kier alpha value is -2.89. The molecule has 0 aliphatic heterocycles. The van der Waals surface area contributed by atoms with Crippen LogP contribution in [0.3, 0.4) is 0 Å². The minimum Gasteiger partial charge on any atom is -0.370 e. The number of rotatable bonds is 5. The van der Waals surface area contributed by atoms with Crippen LogP contribution < -0.4 is 16.4 Å². The number of benzene rings is 2. The predicted octanol–water partition coefficient (Wildman–Crippen LogP) is 2.42. The first kappa shape index (κ1) is 15.5. The fourth-order valence-electron chi connectivity index (χ4n) is 2.03. The number of carbonyl (C=O) groups excluding carboxylic acids is 2. The standard InChI is InChI=1S/C16H16FN3O2/c1-10(21)19-13-3-2-4-14(9-13)20-15(16(18)22)11-5-7-12(17)8-6-11/h2-9,15,20H,1H3,(H2,18,22)(H,19,21). The van der Waals surface area contributed by atoms with Gasteiger partial charge < -0.3 is 16.4 Å². The molecule has 1 unspecified atom stereocenters. The maximum atomic E-state index is 13.0. The molecule has 0 fully saturated rings. The Labute approximate surface area is 127 Å². The Bertz CT molecular complexity index is 686. The van der Waals surface area contributed by atoms with E-state index in [1.807, 2.05) is 0 Å². The summed E-state index contributed by atoms with van der Waals surface area (Å²) < 4.78 is 13.0. The molecule has 114 valence electrons. The number of anilines is 2. The molecule has 0 saturated carbocycles. The van der Waals surface area contributed by atoms with Gasteiger partial charge in [0.15, 0.2) is 0 Å². The molecular formula is C16H16FN3O2. The Morgan fingerprint density at radius 2 is 1.73 bits per heavy atom. The van der Waals surface area contributed by atoms with Crippen LogP contribution in [-0.4, -0.2) is 11.8 Å². The quantitative estimate of drug-likeness (QED) is 0.793. The molecule has 0 bridgehead atoms. The van der Waals surface area contributed by atoms with Gasteiger partial charge in [0.1, 0.15) is 11.9 Å². The fraction of sp³-hybridized carbons (Fsp3) is 0.125. The molecule has 2 rings (SSSR count). The van der Waals surface area contributed by atoms with E-state index in [4.69, 9.17) is 5.73 Å². The van der Waals surface area contributed by atoms with Gasteiger partial charge in [-0.1, -0.05) is 18.2 Å². The normalized spacial score (nSPS) is 11.5. The molecular weight excluding hydrogens is 285 g/mol. The summed E-state index contributed by atoms with van der Waals surface area (Å²) in [7, 11) is 0. The van der Waals surface area contributed by atoms with Gasteiger partial charge in [0.05, 0.1) is 0 Å². The number of nitrogens with two attached hydrogens (primary N) is 1. The first-order valence-electron chi connectivity index (χ1n) is 6.64. The molecule has 2 aromatic carbocycles. The molecule has 0 aliphatic rings. The second-order valence-electron chi connectivity index (χ2n) is 4.79. The van der Waals surface area contributed by atoms with Crippen LogP contribution >= 0.6 is 0 Å². The lowest BCUT2D eigenvalue weighted by Crippen LogP contribution is -2.27. The Morgan fingerprint density at radius 1 is 1.09 bits per heavy atom. The van der Waals surface area contributed by atoms with Gasteiger partial charge in [-0.05, 0) is 35.9 Å². The van der Waals surface area contributed by atoms with Crippen molar-refractivity contribution >= 4 is 23.2 Å². The lowest BCUT2D eigenvalue weighted by atomic mass is 10.1. The largest absolute Gasteiger partial charge is 0.370 e. The average molecular weight is 301 g/mol. The Morgan fingerprint density at radius 3 is 2.32 bits per heavy atom. The zero-order valence-corrected chi connectivity index (χ0v) is 12.0. The molecule has 0 aromatic heterocycles. The van der Waals surface area contributed by atoms with Gasteiger partial charge in [-0.3, -0.25) is 9.59 Å². The van der Waals surface area contributed by atoms with Crippen molar-refractivity contribution in [2.24, 2.45) is 5.73 Å². The molecule has 4 N–H and O–H groups in total. The highest BCUT2D eigenvalue weighted by Gasteiger charge is 2.17. The smallest absolute Gasteiger partial charge is 0.244 e. The molecule has 0 heterocycles. The highest BCUT2D eigenvalue weighted by molar-refractivity contribution is 5.89. The zero-order valence-electron chi connectivity index (χ0n) is 12.0. The minimum atomic E-state index is -0.798. The number of nitrogens with one attached hydrogen (secondary N) is 2. The summed E-state index contributed by atoms with van der Waals surface area (Å²) in [6.45, 7) is 1.41. The van der Waals surface area contributed by atoms with E-state index in [9.17, 15) is 14.0 Å². The van der Waals surface area contributed by atoms with Gasteiger partial charge in [0.25, 0.3) is 0 Å². The van der Waals surface area contributed by atoms with Gasteiger partial charge in [-0.15, -0.1) is 0 Å². The summed E-state index contributed by atoms with van der Waals surface area (Å²) in [5.74, 6) is -1.17. The van der Waals surface area contributed by atoms with E-state index in [0.717, 1.165) is 0 Å². The maximum absolute atomic E-state index is 13.0. The molecule has 6 heteroatoms. The number of halogens is 1. The van der Waals surface area contributed by atoms with Gasteiger partial charge in [0, 0.05) is 18.3 Å². The van der Waals surface area contributed by atoms with Crippen LogP contribution in [0, 0.1) is 5.82 Å². The third-order valence-corrected chi connectivity index (χ3v) is 2.98. The van der Waals surface area contributed by atoms with Gasteiger partial charge >= 0.3 is 0 Å². The van der Waals surface area contributed by atoms with Crippen molar-refractivity contribution < 1.29 is 14.0 Å².